The van der Waals surface area contributed by atoms with Crippen molar-refractivity contribution in [3.05, 3.63) is 87.3 Å². The highest BCUT2D eigenvalue weighted by Gasteiger charge is 2.17. The van der Waals surface area contributed by atoms with Gasteiger partial charge in [-0.15, -0.1) is 11.3 Å². The van der Waals surface area contributed by atoms with Gasteiger partial charge in [-0.25, -0.2) is 13.2 Å². The Labute approximate surface area is 175 Å². The Morgan fingerprint density at radius 1 is 1.03 bits per heavy atom. The molecule has 0 aliphatic carbocycles. The minimum atomic E-state index is -3.71. The Hall–Kier alpha value is -3.57. The highest BCUT2D eigenvalue weighted by atomic mass is 32.2. The van der Waals surface area contributed by atoms with Crippen molar-refractivity contribution in [3.8, 4) is 0 Å². The van der Waals surface area contributed by atoms with E-state index in [1.165, 1.54) is 48.5 Å². The molecule has 3 aromatic rings. The predicted octanol–water partition coefficient (Wildman–Crippen LogP) is 3.50. The van der Waals surface area contributed by atoms with Crippen LogP contribution in [0.1, 0.15) is 20.7 Å². The molecule has 0 radical (unpaired) electrons. The largest absolute Gasteiger partial charge is 0.454 e. The van der Waals surface area contributed by atoms with Crippen LogP contribution in [0.5, 0.6) is 0 Å². The van der Waals surface area contributed by atoms with Gasteiger partial charge in [0.05, 0.1) is 10.5 Å². The minimum absolute atomic E-state index is 0.0512. The van der Waals surface area contributed by atoms with Gasteiger partial charge in [-0.1, -0.05) is 18.2 Å². The second-order valence-corrected chi connectivity index (χ2v) is 8.78. The first-order valence-corrected chi connectivity index (χ1v) is 10.7. The van der Waals surface area contributed by atoms with E-state index in [4.69, 9.17) is 4.74 Å². The lowest BCUT2D eigenvalue weighted by atomic mass is 10.1. The van der Waals surface area contributed by atoms with E-state index >= 15 is 0 Å². The zero-order valence-electron chi connectivity index (χ0n) is 15.2. The van der Waals surface area contributed by atoms with E-state index in [1.807, 2.05) is 0 Å². The van der Waals surface area contributed by atoms with Gasteiger partial charge in [0.1, 0.15) is 4.21 Å². The summed E-state index contributed by atoms with van der Waals surface area (Å²) in [6.07, 6.45) is 0. The Balaban J connectivity index is 1.60. The second-order valence-electron chi connectivity index (χ2n) is 5.92. The number of hydrogen-bond donors (Lipinski definition) is 1. The lowest BCUT2D eigenvalue weighted by Gasteiger charge is -2.08. The molecule has 0 spiro atoms. The number of non-ortho nitro benzene ring substituents is 1. The normalized spacial score (nSPS) is 10.9. The quantitative estimate of drug-likeness (QED) is 0.242. The molecule has 0 saturated carbocycles. The smallest absolute Gasteiger partial charge is 0.338 e. The maximum atomic E-state index is 12.2. The lowest BCUT2D eigenvalue weighted by molar-refractivity contribution is -0.384. The second kappa shape index (κ2) is 8.84. The third kappa shape index (κ3) is 5.07. The number of esters is 1. The minimum Gasteiger partial charge on any atom is -0.454 e. The first-order valence-electron chi connectivity index (χ1n) is 8.37. The summed E-state index contributed by atoms with van der Waals surface area (Å²) in [5.41, 5.74) is 0.177. The fourth-order valence-electron chi connectivity index (χ4n) is 2.39. The number of carbonyl (C=O) groups excluding carboxylic acids is 2. The standard InChI is InChI=1S/C19H14N2O7S2/c22-17(14-3-1-4-16(11-14)21(24)25)12-28-19(23)13-6-8-15(9-7-13)20-30(26,27)18-5-2-10-29-18/h1-11,20H,12H2. The molecule has 0 unspecified atom stereocenters. The number of nitro groups is 1. The fourth-order valence-corrected chi connectivity index (χ4v) is 4.44. The number of ether oxygens (including phenoxy) is 1. The predicted molar refractivity (Wildman–Crippen MR) is 109 cm³/mol. The Bertz CT molecular complexity index is 1190. The van der Waals surface area contributed by atoms with Crippen molar-refractivity contribution in [1.29, 1.82) is 0 Å². The summed E-state index contributed by atoms with van der Waals surface area (Å²) >= 11 is 1.07. The average Bonchev–Trinajstić information content (AvgIpc) is 3.28. The van der Waals surface area contributed by atoms with Crippen LogP contribution in [0.15, 0.2) is 70.3 Å². The van der Waals surface area contributed by atoms with Crippen LogP contribution >= 0.6 is 11.3 Å². The number of Topliss-reactive ketones (excluding diaryl/α,β-unsaturated/α-hetero) is 1. The molecule has 0 amide bonds. The van der Waals surface area contributed by atoms with Gasteiger partial charge in [0.15, 0.2) is 6.61 Å². The van der Waals surface area contributed by atoms with E-state index in [1.54, 1.807) is 11.4 Å². The van der Waals surface area contributed by atoms with Gasteiger partial charge in [-0.05, 0) is 35.7 Å². The number of carbonyl (C=O) groups is 2. The van der Waals surface area contributed by atoms with E-state index in [9.17, 15) is 28.1 Å². The third-order valence-corrected chi connectivity index (χ3v) is 6.62. The maximum absolute atomic E-state index is 12.2. The molecule has 1 N–H and O–H groups in total. The van der Waals surface area contributed by atoms with Crippen LogP contribution < -0.4 is 4.72 Å². The molecule has 154 valence electrons. The van der Waals surface area contributed by atoms with Crippen LogP contribution in [-0.2, 0) is 14.8 Å². The van der Waals surface area contributed by atoms with E-state index < -0.39 is 33.3 Å². The van der Waals surface area contributed by atoms with Gasteiger partial charge >= 0.3 is 5.97 Å². The molecule has 11 heteroatoms. The van der Waals surface area contributed by atoms with E-state index in [2.05, 4.69) is 4.72 Å². The molecule has 0 bridgehead atoms. The number of ketones is 1. The summed E-state index contributed by atoms with van der Waals surface area (Å²) in [5.74, 6) is -1.38. The van der Waals surface area contributed by atoms with Gasteiger partial charge in [-0.3, -0.25) is 19.6 Å². The van der Waals surface area contributed by atoms with Crippen molar-refractivity contribution < 1.29 is 27.7 Å². The fraction of sp³-hybridized carbons (Fsp3) is 0.0526. The van der Waals surface area contributed by atoms with Gasteiger partial charge in [0.25, 0.3) is 15.7 Å². The molecule has 9 nitrogen and oxygen atoms in total. The molecule has 0 aliphatic rings. The topological polar surface area (TPSA) is 133 Å². The van der Waals surface area contributed by atoms with Crippen molar-refractivity contribution in [2.75, 3.05) is 11.3 Å². The van der Waals surface area contributed by atoms with E-state index in [0.29, 0.717) is 0 Å². The number of rotatable bonds is 8. The van der Waals surface area contributed by atoms with Crippen LogP contribution in [-0.4, -0.2) is 31.7 Å². The summed E-state index contributed by atoms with van der Waals surface area (Å²) in [6.45, 7) is -0.591. The van der Waals surface area contributed by atoms with Crippen LogP contribution in [0.4, 0.5) is 11.4 Å². The molecular formula is C19H14N2O7S2. The molecule has 30 heavy (non-hydrogen) atoms. The van der Waals surface area contributed by atoms with Gasteiger partial charge in [-0.2, -0.15) is 0 Å². The lowest BCUT2D eigenvalue weighted by Crippen LogP contribution is -2.15. The number of nitrogens with one attached hydrogen (secondary N) is 1. The number of benzene rings is 2. The first kappa shape index (κ1) is 21.1. The van der Waals surface area contributed by atoms with E-state index in [0.717, 1.165) is 17.4 Å². The Morgan fingerprint density at radius 3 is 2.40 bits per heavy atom. The number of nitro benzene ring substituents is 1. The molecule has 0 saturated heterocycles. The molecule has 1 aromatic heterocycles. The van der Waals surface area contributed by atoms with Gasteiger partial charge in [0, 0.05) is 23.4 Å². The number of thiophene rings is 1. The highest BCUT2D eigenvalue weighted by Crippen LogP contribution is 2.20. The molecule has 0 atom stereocenters. The Kier molecular flexibility index (Phi) is 6.23. The van der Waals surface area contributed by atoms with E-state index in [-0.39, 0.29) is 26.7 Å². The highest BCUT2D eigenvalue weighted by molar-refractivity contribution is 7.94. The molecule has 3 rings (SSSR count). The summed E-state index contributed by atoms with van der Waals surface area (Å²) in [5, 5.41) is 12.4. The molecule has 0 aliphatic heterocycles. The number of anilines is 1. The van der Waals surface area contributed by atoms with Crippen molar-refractivity contribution in [3.63, 3.8) is 0 Å². The molecule has 1 heterocycles. The van der Waals surface area contributed by atoms with Gasteiger partial charge < -0.3 is 4.74 Å². The van der Waals surface area contributed by atoms with Crippen molar-refractivity contribution in [2.45, 2.75) is 4.21 Å². The van der Waals surface area contributed by atoms with Crippen LogP contribution in [0.25, 0.3) is 0 Å². The SMILES string of the molecule is O=C(COC(=O)c1ccc(NS(=O)(=O)c2cccs2)cc1)c1cccc([N+](=O)[O-])c1. The summed E-state index contributed by atoms with van der Waals surface area (Å²) in [4.78, 5) is 34.4. The van der Waals surface area contributed by atoms with Gasteiger partial charge in [0.2, 0.25) is 5.78 Å². The third-order valence-electron chi connectivity index (χ3n) is 3.85. The summed E-state index contributed by atoms with van der Waals surface area (Å²) in [6, 6.07) is 13.7. The monoisotopic (exact) mass is 446 g/mol. The number of nitrogens with zero attached hydrogens (tertiary/aromatic N) is 1. The number of sulfonamides is 1. The van der Waals surface area contributed by atoms with Crippen molar-refractivity contribution in [1.82, 2.24) is 0 Å². The number of hydrogen-bond acceptors (Lipinski definition) is 8. The molecular weight excluding hydrogens is 432 g/mol. The zero-order valence-corrected chi connectivity index (χ0v) is 16.8. The van der Waals surface area contributed by atoms with Crippen molar-refractivity contribution in [2.24, 2.45) is 0 Å². The maximum Gasteiger partial charge on any atom is 0.338 e. The summed E-state index contributed by atoms with van der Waals surface area (Å²) in [7, 11) is -3.71. The van der Waals surface area contributed by atoms with Crippen LogP contribution in [0, 0.1) is 10.1 Å². The van der Waals surface area contributed by atoms with Crippen molar-refractivity contribution >= 4 is 44.5 Å². The average molecular weight is 446 g/mol. The van der Waals surface area contributed by atoms with Crippen LogP contribution in [0.3, 0.4) is 0 Å². The molecule has 0 fully saturated rings. The first-order chi connectivity index (χ1) is 14.3. The zero-order chi connectivity index (χ0) is 21.7. The summed E-state index contributed by atoms with van der Waals surface area (Å²) < 4.78 is 31.9. The molecule has 2 aromatic carbocycles. The Morgan fingerprint density at radius 2 is 1.77 bits per heavy atom. The van der Waals surface area contributed by atoms with Crippen LogP contribution in [0.2, 0.25) is 0 Å².